The van der Waals surface area contributed by atoms with Crippen molar-refractivity contribution in [3.63, 3.8) is 0 Å². The summed E-state index contributed by atoms with van der Waals surface area (Å²) in [4.78, 5) is 12.4. The number of carbonyl (C=O) groups excluding carboxylic acids is 1. The highest BCUT2D eigenvalue weighted by Crippen LogP contribution is 2.29. The molecule has 3 nitrogen and oxygen atoms in total. The first-order valence-electron chi connectivity index (χ1n) is 4.20. The quantitative estimate of drug-likeness (QED) is 0.711. The van der Waals surface area contributed by atoms with E-state index in [1.54, 1.807) is 0 Å². The molecule has 0 unspecified atom stereocenters. The Hall–Kier alpha value is -1.42. The highest BCUT2D eigenvalue weighted by atomic mass is 32.1. The first kappa shape index (κ1) is 9.15. The lowest BCUT2D eigenvalue weighted by molar-refractivity contribution is 0.112. The van der Waals surface area contributed by atoms with Gasteiger partial charge in [-0.05, 0) is 19.9 Å². The molecule has 0 amide bonds. The van der Waals surface area contributed by atoms with Crippen LogP contribution in [0.3, 0.4) is 0 Å². The van der Waals surface area contributed by atoms with Gasteiger partial charge in [-0.15, -0.1) is 11.3 Å². The molecule has 2 heterocycles. The number of hydrogen-bond acceptors (Lipinski definition) is 4. The average Bonchev–Trinajstić information content (AvgIpc) is 2.71. The predicted molar refractivity (Wildman–Crippen MR) is 54.7 cm³/mol. The fourth-order valence-corrected chi connectivity index (χ4v) is 2.16. The molecule has 2 rings (SSSR count). The van der Waals surface area contributed by atoms with Gasteiger partial charge in [-0.2, -0.15) is 0 Å². The number of carbonyl (C=O) groups is 1. The van der Waals surface area contributed by atoms with E-state index in [1.807, 2.05) is 26.0 Å². The molecular weight excluding hydrogens is 198 g/mol. The Balaban J connectivity index is 2.50. The molecule has 0 bridgehead atoms. The smallest absolute Gasteiger partial charge is 0.160 e. The maximum absolute atomic E-state index is 10.6. The molecule has 2 aromatic heterocycles. The second-order valence-corrected chi connectivity index (χ2v) is 4.35. The summed E-state index contributed by atoms with van der Waals surface area (Å²) in [6.07, 6.45) is 0.855. The van der Waals surface area contributed by atoms with Gasteiger partial charge in [0.15, 0.2) is 6.29 Å². The maximum Gasteiger partial charge on any atom is 0.160 e. The molecule has 0 saturated carbocycles. The SMILES string of the molecule is Cc1cc(-c2cc(C=O)sc2C)no1. The third-order valence-electron chi connectivity index (χ3n) is 1.96. The number of thiophene rings is 1. The number of aryl methyl sites for hydroxylation is 2. The molecule has 4 heteroatoms. The molecule has 0 saturated heterocycles. The molecule has 0 aliphatic carbocycles. The number of aldehydes is 1. The van der Waals surface area contributed by atoms with Crippen LogP contribution in [0.4, 0.5) is 0 Å². The first-order chi connectivity index (χ1) is 6.70. The lowest BCUT2D eigenvalue weighted by Gasteiger charge is -1.89. The van der Waals surface area contributed by atoms with E-state index < -0.39 is 0 Å². The third-order valence-corrected chi connectivity index (χ3v) is 2.93. The van der Waals surface area contributed by atoms with Crippen LogP contribution in [0.25, 0.3) is 11.3 Å². The minimum absolute atomic E-state index is 0.721. The van der Waals surface area contributed by atoms with Crippen molar-refractivity contribution in [3.8, 4) is 11.3 Å². The number of aromatic nitrogens is 1. The van der Waals surface area contributed by atoms with Crippen LogP contribution in [-0.2, 0) is 0 Å². The molecule has 0 radical (unpaired) electrons. The highest BCUT2D eigenvalue weighted by Gasteiger charge is 2.10. The molecule has 0 aromatic carbocycles. The van der Waals surface area contributed by atoms with Gasteiger partial charge in [0.25, 0.3) is 0 Å². The van der Waals surface area contributed by atoms with Crippen LogP contribution < -0.4 is 0 Å². The van der Waals surface area contributed by atoms with Crippen molar-refractivity contribution < 1.29 is 9.32 Å². The molecule has 0 aliphatic heterocycles. The average molecular weight is 207 g/mol. The maximum atomic E-state index is 10.6. The van der Waals surface area contributed by atoms with Crippen molar-refractivity contribution in [2.45, 2.75) is 13.8 Å². The van der Waals surface area contributed by atoms with E-state index in [0.29, 0.717) is 0 Å². The molecule has 72 valence electrons. The third kappa shape index (κ3) is 1.48. The van der Waals surface area contributed by atoms with Crippen molar-refractivity contribution in [2.24, 2.45) is 0 Å². The predicted octanol–water partition coefficient (Wildman–Crippen LogP) is 2.83. The molecule has 0 aliphatic rings. The zero-order chi connectivity index (χ0) is 10.1. The summed E-state index contributed by atoms with van der Waals surface area (Å²) in [5.41, 5.74) is 1.78. The van der Waals surface area contributed by atoms with Gasteiger partial charge in [0, 0.05) is 16.5 Å². The number of rotatable bonds is 2. The lowest BCUT2D eigenvalue weighted by atomic mass is 10.2. The molecule has 14 heavy (non-hydrogen) atoms. The van der Waals surface area contributed by atoms with Gasteiger partial charge in [-0.1, -0.05) is 5.16 Å². The molecule has 2 aromatic rings. The summed E-state index contributed by atoms with van der Waals surface area (Å²) in [6.45, 7) is 3.82. The van der Waals surface area contributed by atoms with Crippen molar-refractivity contribution in [1.82, 2.24) is 5.16 Å². The zero-order valence-electron chi connectivity index (χ0n) is 7.90. The minimum atomic E-state index is 0.721. The van der Waals surface area contributed by atoms with E-state index in [9.17, 15) is 4.79 Å². The molecular formula is C10H9NO2S. The highest BCUT2D eigenvalue weighted by molar-refractivity contribution is 7.14. The van der Waals surface area contributed by atoms with E-state index in [4.69, 9.17) is 4.52 Å². The summed E-state index contributed by atoms with van der Waals surface area (Å²) < 4.78 is 4.98. The fourth-order valence-electron chi connectivity index (χ4n) is 1.31. The van der Waals surface area contributed by atoms with Crippen molar-refractivity contribution in [3.05, 3.63) is 27.6 Å². The summed E-state index contributed by atoms with van der Waals surface area (Å²) in [6, 6.07) is 3.70. The van der Waals surface area contributed by atoms with E-state index in [-0.39, 0.29) is 0 Å². The van der Waals surface area contributed by atoms with Crippen molar-refractivity contribution in [1.29, 1.82) is 0 Å². The van der Waals surface area contributed by atoms with Crippen LogP contribution in [0.1, 0.15) is 20.3 Å². The van der Waals surface area contributed by atoms with Crippen LogP contribution in [0.5, 0.6) is 0 Å². The Bertz CT molecular complexity index is 470. The van der Waals surface area contributed by atoms with Gasteiger partial charge >= 0.3 is 0 Å². The topological polar surface area (TPSA) is 43.1 Å². The minimum Gasteiger partial charge on any atom is -0.361 e. The second kappa shape index (κ2) is 3.38. The normalized spacial score (nSPS) is 10.4. The number of nitrogens with zero attached hydrogens (tertiary/aromatic N) is 1. The van der Waals surface area contributed by atoms with Gasteiger partial charge in [0.2, 0.25) is 0 Å². The van der Waals surface area contributed by atoms with Gasteiger partial charge in [-0.25, -0.2) is 0 Å². The standard InChI is InChI=1S/C10H9NO2S/c1-6-3-10(11-13-6)9-4-8(5-12)14-7(9)2/h3-5H,1-2H3. The van der Waals surface area contributed by atoms with Crippen LogP contribution >= 0.6 is 11.3 Å². The molecule has 0 atom stereocenters. The Kier molecular flexibility index (Phi) is 2.21. The van der Waals surface area contributed by atoms with Gasteiger partial charge in [0.05, 0.1) is 4.88 Å². The first-order valence-corrected chi connectivity index (χ1v) is 5.01. The zero-order valence-corrected chi connectivity index (χ0v) is 8.72. The van der Waals surface area contributed by atoms with Crippen LogP contribution in [0.2, 0.25) is 0 Å². The van der Waals surface area contributed by atoms with Crippen molar-refractivity contribution >= 4 is 17.6 Å². The fraction of sp³-hybridized carbons (Fsp3) is 0.200. The summed E-state index contributed by atoms with van der Waals surface area (Å²) >= 11 is 1.47. The van der Waals surface area contributed by atoms with Gasteiger partial charge < -0.3 is 4.52 Å². The summed E-state index contributed by atoms with van der Waals surface area (Å²) in [7, 11) is 0. The largest absolute Gasteiger partial charge is 0.361 e. The van der Waals surface area contributed by atoms with Crippen molar-refractivity contribution in [2.75, 3.05) is 0 Å². The van der Waals surface area contributed by atoms with Crippen LogP contribution in [-0.4, -0.2) is 11.4 Å². The monoisotopic (exact) mass is 207 g/mol. The number of hydrogen-bond donors (Lipinski definition) is 0. The Morgan fingerprint density at radius 3 is 2.71 bits per heavy atom. The Labute approximate surface area is 85.4 Å². The lowest BCUT2D eigenvalue weighted by Crippen LogP contribution is -1.74. The van der Waals surface area contributed by atoms with E-state index in [1.165, 1.54) is 11.3 Å². The van der Waals surface area contributed by atoms with Crippen LogP contribution in [0, 0.1) is 13.8 Å². The van der Waals surface area contributed by atoms with E-state index in [2.05, 4.69) is 5.16 Å². The molecule has 0 spiro atoms. The Morgan fingerprint density at radius 1 is 1.43 bits per heavy atom. The van der Waals surface area contributed by atoms with Gasteiger partial charge in [-0.3, -0.25) is 4.79 Å². The summed E-state index contributed by atoms with van der Waals surface area (Å²) in [5, 5.41) is 3.91. The van der Waals surface area contributed by atoms with Crippen LogP contribution in [0.15, 0.2) is 16.7 Å². The van der Waals surface area contributed by atoms with E-state index in [0.717, 1.165) is 33.1 Å². The Morgan fingerprint density at radius 2 is 2.21 bits per heavy atom. The molecule has 0 fully saturated rings. The summed E-state index contributed by atoms with van der Waals surface area (Å²) in [5.74, 6) is 0.776. The molecule has 0 N–H and O–H groups in total. The van der Waals surface area contributed by atoms with E-state index >= 15 is 0 Å². The van der Waals surface area contributed by atoms with Gasteiger partial charge in [0.1, 0.15) is 11.5 Å². The second-order valence-electron chi connectivity index (χ2n) is 3.06.